The molecule has 0 fully saturated rings. The lowest BCUT2D eigenvalue weighted by molar-refractivity contribution is -0.0639. The molecule has 22 heavy (non-hydrogen) atoms. The highest BCUT2D eigenvalue weighted by atomic mass is 16.5. The molecule has 3 rings (SSSR count). The highest BCUT2D eigenvalue weighted by Crippen LogP contribution is 2.41. The maximum atomic E-state index is 11.2. The van der Waals surface area contributed by atoms with Crippen LogP contribution < -0.4 is 10.3 Å². The van der Waals surface area contributed by atoms with Gasteiger partial charge < -0.3 is 14.4 Å². The zero-order chi connectivity index (χ0) is 15.9. The Morgan fingerprint density at radius 3 is 2.82 bits per heavy atom. The fourth-order valence-corrected chi connectivity index (χ4v) is 2.68. The van der Waals surface area contributed by atoms with Gasteiger partial charge in [-0.05, 0) is 32.0 Å². The number of aliphatic hydroxyl groups is 1. The first-order valence-electron chi connectivity index (χ1n) is 6.87. The summed E-state index contributed by atoms with van der Waals surface area (Å²) in [7, 11) is 0. The quantitative estimate of drug-likeness (QED) is 0.855. The first-order valence-corrected chi connectivity index (χ1v) is 6.87. The van der Waals surface area contributed by atoms with Crippen molar-refractivity contribution in [2.45, 2.75) is 31.6 Å². The van der Waals surface area contributed by atoms with Gasteiger partial charge in [0, 0.05) is 17.8 Å². The molecule has 6 heteroatoms. The van der Waals surface area contributed by atoms with E-state index in [-0.39, 0.29) is 5.56 Å². The van der Waals surface area contributed by atoms with E-state index in [1.807, 2.05) is 0 Å². The molecular formula is C16H15N3O3. The molecular weight excluding hydrogens is 282 g/mol. The number of hydrogen-bond acceptors (Lipinski definition) is 5. The molecule has 0 saturated heterocycles. The molecule has 1 aromatic heterocycles. The standard InChI is InChI=1S/C16H15N3O3/c1-16(2)15(21)14(19-6-5-13(20)18-9-19)11-7-10(8-17)3-4-12(11)22-16/h3-7,9,14-15,21H,1-2H3/t14?,15-/m0/s1. The molecule has 6 nitrogen and oxygen atoms in total. The molecule has 0 saturated carbocycles. The second-order valence-corrected chi connectivity index (χ2v) is 5.81. The molecule has 1 unspecified atom stereocenters. The Labute approximate surface area is 127 Å². The second kappa shape index (κ2) is 4.97. The van der Waals surface area contributed by atoms with Gasteiger partial charge in [0.05, 0.1) is 24.0 Å². The zero-order valence-electron chi connectivity index (χ0n) is 12.2. The van der Waals surface area contributed by atoms with Crippen molar-refractivity contribution < 1.29 is 9.84 Å². The minimum atomic E-state index is -0.863. The van der Waals surface area contributed by atoms with Crippen molar-refractivity contribution in [2.24, 2.45) is 0 Å². The number of benzene rings is 1. The van der Waals surface area contributed by atoms with E-state index in [4.69, 9.17) is 10.00 Å². The highest BCUT2D eigenvalue weighted by molar-refractivity contribution is 5.46. The predicted molar refractivity (Wildman–Crippen MR) is 78.5 cm³/mol. The van der Waals surface area contributed by atoms with E-state index in [1.54, 1.807) is 42.8 Å². The normalized spacial score (nSPS) is 22.3. The van der Waals surface area contributed by atoms with E-state index < -0.39 is 17.7 Å². The largest absolute Gasteiger partial charge is 0.485 e. The first-order chi connectivity index (χ1) is 10.4. The molecule has 0 amide bonds. The van der Waals surface area contributed by atoms with Crippen LogP contribution in [-0.2, 0) is 0 Å². The van der Waals surface area contributed by atoms with Crippen molar-refractivity contribution in [1.29, 1.82) is 5.26 Å². The summed E-state index contributed by atoms with van der Waals surface area (Å²) in [5.74, 6) is 0.609. The SMILES string of the molecule is CC1(C)Oc2ccc(C#N)cc2C(n2ccc(=O)nc2)[C@@H]1O. The molecule has 0 bridgehead atoms. The van der Waals surface area contributed by atoms with Crippen molar-refractivity contribution in [3.63, 3.8) is 0 Å². The van der Waals surface area contributed by atoms with Crippen LogP contribution in [0.3, 0.4) is 0 Å². The Kier molecular flexibility index (Phi) is 3.23. The minimum Gasteiger partial charge on any atom is -0.485 e. The van der Waals surface area contributed by atoms with Gasteiger partial charge in [0.25, 0.3) is 5.56 Å². The maximum Gasteiger partial charge on any atom is 0.272 e. The molecule has 0 aliphatic carbocycles. The van der Waals surface area contributed by atoms with Crippen molar-refractivity contribution in [3.05, 3.63) is 58.3 Å². The fraction of sp³-hybridized carbons (Fsp3) is 0.312. The van der Waals surface area contributed by atoms with Crippen LogP contribution in [-0.4, -0.2) is 26.4 Å². The van der Waals surface area contributed by atoms with Gasteiger partial charge in [0.2, 0.25) is 0 Å². The van der Waals surface area contributed by atoms with Crippen molar-refractivity contribution in [2.75, 3.05) is 0 Å². The third-order valence-corrected chi connectivity index (χ3v) is 3.87. The van der Waals surface area contributed by atoms with Crippen LogP contribution in [0.5, 0.6) is 5.75 Å². The van der Waals surface area contributed by atoms with E-state index in [9.17, 15) is 9.90 Å². The summed E-state index contributed by atoms with van der Waals surface area (Å²) in [6.07, 6.45) is 2.10. The fourth-order valence-electron chi connectivity index (χ4n) is 2.68. The molecule has 1 N–H and O–H groups in total. The van der Waals surface area contributed by atoms with Crippen molar-refractivity contribution in [3.8, 4) is 11.8 Å². The molecule has 0 spiro atoms. The maximum absolute atomic E-state index is 11.2. The number of aromatic nitrogens is 2. The Hall–Kier alpha value is -2.65. The van der Waals surface area contributed by atoms with Gasteiger partial charge in [0.15, 0.2) is 0 Å². The lowest BCUT2D eigenvalue weighted by atomic mass is 9.86. The molecule has 1 aromatic carbocycles. The lowest BCUT2D eigenvalue weighted by Crippen LogP contribution is -2.50. The van der Waals surface area contributed by atoms with Crippen LogP contribution in [0.25, 0.3) is 0 Å². The van der Waals surface area contributed by atoms with Gasteiger partial charge in [-0.25, -0.2) is 0 Å². The average Bonchev–Trinajstić information content (AvgIpc) is 2.49. The van der Waals surface area contributed by atoms with E-state index in [0.29, 0.717) is 16.9 Å². The van der Waals surface area contributed by atoms with Crippen LogP contribution in [0.4, 0.5) is 0 Å². The number of nitrogens with zero attached hydrogens (tertiary/aromatic N) is 3. The number of aliphatic hydroxyl groups excluding tert-OH is 1. The summed E-state index contributed by atoms with van der Waals surface area (Å²) in [6, 6.07) is 8.02. The topological polar surface area (TPSA) is 88.1 Å². The summed E-state index contributed by atoms with van der Waals surface area (Å²) in [4.78, 5) is 14.9. The smallest absolute Gasteiger partial charge is 0.272 e. The van der Waals surface area contributed by atoms with Crippen LogP contribution in [0.1, 0.15) is 31.0 Å². The number of rotatable bonds is 1. The van der Waals surface area contributed by atoms with Crippen LogP contribution in [0.15, 0.2) is 41.6 Å². The lowest BCUT2D eigenvalue weighted by Gasteiger charge is -2.42. The molecule has 2 atom stereocenters. The van der Waals surface area contributed by atoms with Crippen LogP contribution >= 0.6 is 0 Å². The summed E-state index contributed by atoms with van der Waals surface area (Å²) >= 11 is 0. The highest BCUT2D eigenvalue weighted by Gasteiger charge is 2.43. The minimum absolute atomic E-state index is 0.344. The van der Waals surface area contributed by atoms with Gasteiger partial charge in [-0.3, -0.25) is 4.79 Å². The summed E-state index contributed by atoms with van der Waals surface area (Å²) in [6.45, 7) is 3.59. The van der Waals surface area contributed by atoms with Gasteiger partial charge in [-0.1, -0.05) is 0 Å². The number of fused-ring (bicyclic) bond motifs is 1. The number of nitriles is 1. The van der Waals surface area contributed by atoms with Crippen LogP contribution in [0, 0.1) is 11.3 Å². The Bertz CT molecular complexity index is 800. The van der Waals surface area contributed by atoms with Gasteiger partial charge >= 0.3 is 0 Å². The zero-order valence-corrected chi connectivity index (χ0v) is 12.2. The Balaban J connectivity index is 2.21. The Morgan fingerprint density at radius 2 is 2.18 bits per heavy atom. The number of ether oxygens (including phenoxy) is 1. The van der Waals surface area contributed by atoms with E-state index in [2.05, 4.69) is 11.1 Å². The van der Waals surface area contributed by atoms with Crippen LogP contribution in [0.2, 0.25) is 0 Å². The molecule has 112 valence electrons. The molecule has 2 heterocycles. The van der Waals surface area contributed by atoms with Gasteiger partial charge in [-0.2, -0.15) is 10.2 Å². The number of hydrogen-bond donors (Lipinski definition) is 1. The van der Waals surface area contributed by atoms with E-state index >= 15 is 0 Å². The first kappa shape index (κ1) is 14.3. The van der Waals surface area contributed by atoms with Crippen molar-refractivity contribution in [1.82, 2.24) is 9.55 Å². The third-order valence-electron chi connectivity index (χ3n) is 3.87. The summed E-state index contributed by atoms with van der Waals surface area (Å²) < 4.78 is 7.51. The summed E-state index contributed by atoms with van der Waals surface area (Å²) in [5, 5.41) is 19.8. The second-order valence-electron chi connectivity index (χ2n) is 5.81. The molecule has 2 aromatic rings. The predicted octanol–water partition coefficient (Wildman–Crippen LogP) is 1.24. The average molecular weight is 297 g/mol. The van der Waals surface area contributed by atoms with Crippen molar-refractivity contribution >= 4 is 0 Å². The molecule has 1 aliphatic rings. The molecule has 1 aliphatic heterocycles. The van der Waals surface area contributed by atoms with Gasteiger partial charge in [-0.15, -0.1) is 0 Å². The monoisotopic (exact) mass is 297 g/mol. The van der Waals surface area contributed by atoms with Gasteiger partial charge in [0.1, 0.15) is 17.5 Å². The van der Waals surface area contributed by atoms with E-state index in [1.165, 1.54) is 12.4 Å². The Morgan fingerprint density at radius 1 is 1.41 bits per heavy atom. The molecule has 0 radical (unpaired) electrons. The third kappa shape index (κ3) is 2.26. The van der Waals surface area contributed by atoms with E-state index in [0.717, 1.165) is 0 Å². The summed E-state index contributed by atoms with van der Waals surface area (Å²) in [5.41, 5.74) is 0.0160.